The Labute approximate surface area is 105 Å². The standard InChI is InChI=1S/C8H8BrN3O2S2/c1-12-4-2-7(10-12)11-16(13,14)8-6(9)3-5-15-8/h2-5H,1H3,(H,10,11). The summed E-state index contributed by atoms with van der Waals surface area (Å²) in [6.07, 6.45) is 1.67. The first-order chi connectivity index (χ1) is 7.49. The third-order valence-electron chi connectivity index (χ3n) is 1.78. The fourth-order valence-electron chi connectivity index (χ4n) is 1.13. The molecule has 16 heavy (non-hydrogen) atoms. The van der Waals surface area contributed by atoms with Crippen LogP contribution in [-0.4, -0.2) is 18.2 Å². The quantitative estimate of drug-likeness (QED) is 0.940. The van der Waals surface area contributed by atoms with Gasteiger partial charge in [-0.05, 0) is 27.4 Å². The van der Waals surface area contributed by atoms with Crippen molar-refractivity contribution in [3.8, 4) is 0 Å². The Bertz CT molecular complexity index is 602. The molecule has 0 aliphatic rings. The molecule has 2 aromatic rings. The lowest BCUT2D eigenvalue weighted by Crippen LogP contribution is -2.12. The molecule has 0 saturated carbocycles. The van der Waals surface area contributed by atoms with E-state index in [0.717, 1.165) is 11.3 Å². The van der Waals surface area contributed by atoms with Gasteiger partial charge in [0.2, 0.25) is 0 Å². The molecule has 1 N–H and O–H groups in total. The molecule has 0 aliphatic heterocycles. The van der Waals surface area contributed by atoms with Crippen LogP contribution in [-0.2, 0) is 17.1 Å². The van der Waals surface area contributed by atoms with Crippen LogP contribution in [0, 0.1) is 0 Å². The van der Waals surface area contributed by atoms with Crippen molar-refractivity contribution in [2.75, 3.05) is 4.72 Å². The predicted octanol–water partition coefficient (Wildman–Crippen LogP) is 2.04. The molecule has 0 radical (unpaired) electrons. The molecular formula is C8H8BrN3O2S2. The number of nitrogens with zero attached hydrogens (tertiary/aromatic N) is 2. The zero-order valence-corrected chi connectivity index (χ0v) is 11.4. The van der Waals surface area contributed by atoms with E-state index < -0.39 is 10.0 Å². The molecule has 8 heteroatoms. The number of halogens is 1. The summed E-state index contributed by atoms with van der Waals surface area (Å²) < 4.78 is 28.6. The zero-order valence-electron chi connectivity index (χ0n) is 8.21. The van der Waals surface area contributed by atoms with Gasteiger partial charge in [0.1, 0.15) is 0 Å². The molecular weight excluding hydrogens is 314 g/mol. The van der Waals surface area contributed by atoms with Crippen molar-refractivity contribution in [2.45, 2.75) is 4.21 Å². The number of aromatic nitrogens is 2. The van der Waals surface area contributed by atoms with E-state index in [9.17, 15) is 8.42 Å². The van der Waals surface area contributed by atoms with Crippen molar-refractivity contribution in [3.63, 3.8) is 0 Å². The molecule has 0 aromatic carbocycles. The summed E-state index contributed by atoms with van der Waals surface area (Å²) in [5, 5.41) is 5.66. The highest BCUT2D eigenvalue weighted by molar-refractivity contribution is 9.10. The van der Waals surface area contributed by atoms with Gasteiger partial charge in [-0.15, -0.1) is 11.3 Å². The number of anilines is 1. The molecule has 2 aromatic heterocycles. The van der Waals surface area contributed by atoms with Crippen molar-refractivity contribution < 1.29 is 8.42 Å². The van der Waals surface area contributed by atoms with Crippen LogP contribution in [0.2, 0.25) is 0 Å². The molecule has 0 aliphatic carbocycles. The number of hydrogen-bond donors (Lipinski definition) is 1. The van der Waals surface area contributed by atoms with Gasteiger partial charge in [0.05, 0.1) is 0 Å². The van der Waals surface area contributed by atoms with Gasteiger partial charge in [0, 0.05) is 23.8 Å². The molecule has 0 amide bonds. The highest BCUT2D eigenvalue weighted by atomic mass is 79.9. The van der Waals surface area contributed by atoms with E-state index in [2.05, 4.69) is 25.8 Å². The Morgan fingerprint density at radius 1 is 1.50 bits per heavy atom. The summed E-state index contributed by atoms with van der Waals surface area (Å²) in [6.45, 7) is 0. The summed E-state index contributed by atoms with van der Waals surface area (Å²) in [7, 11) is -1.82. The van der Waals surface area contributed by atoms with E-state index >= 15 is 0 Å². The first-order valence-electron chi connectivity index (χ1n) is 4.24. The van der Waals surface area contributed by atoms with E-state index in [1.807, 2.05) is 0 Å². The van der Waals surface area contributed by atoms with Crippen LogP contribution in [0.25, 0.3) is 0 Å². The van der Waals surface area contributed by atoms with Crippen LogP contribution in [0.4, 0.5) is 5.82 Å². The Kier molecular flexibility index (Phi) is 3.04. The van der Waals surface area contributed by atoms with Gasteiger partial charge >= 0.3 is 0 Å². The first-order valence-corrected chi connectivity index (χ1v) is 7.40. The topological polar surface area (TPSA) is 64.0 Å². The maximum Gasteiger partial charge on any atom is 0.273 e. The van der Waals surface area contributed by atoms with E-state index in [0.29, 0.717) is 10.3 Å². The van der Waals surface area contributed by atoms with Crippen LogP contribution >= 0.6 is 27.3 Å². The van der Waals surface area contributed by atoms with E-state index in [1.54, 1.807) is 30.8 Å². The first kappa shape index (κ1) is 11.6. The zero-order chi connectivity index (χ0) is 11.8. The molecule has 2 rings (SSSR count). The van der Waals surface area contributed by atoms with Gasteiger partial charge in [-0.3, -0.25) is 9.40 Å². The lowest BCUT2D eigenvalue weighted by Gasteiger charge is -2.03. The fraction of sp³-hybridized carbons (Fsp3) is 0.125. The van der Waals surface area contributed by atoms with Crippen LogP contribution in [0.15, 0.2) is 32.4 Å². The molecule has 0 spiro atoms. The van der Waals surface area contributed by atoms with Crippen LogP contribution < -0.4 is 4.72 Å². The minimum absolute atomic E-state index is 0.248. The maximum atomic E-state index is 11.9. The maximum absolute atomic E-state index is 11.9. The Morgan fingerprint density at radius 3 is 2.75 bits per heavy atom. The van der Waals surface area contributed by atoms with E-state index in [4.69, 9.17) is 0 Å². The smallest absolute Gasteiger partial charge is 0.273 e. The van der Waals surface area contributed by atoms with Gasteiger partial charge in [-0.1, -0.05) is 0 Å². The van der Waals surface area contributed by atoms with Crippen molar-refractivity contribution in [2.24, 2.45) is 7.05 Å². The number of aryl methyl sites for hydroxylation is 1. The van der Waals surface area contributed by atoms with Gasteiger partial charge in [-0.2, -0.15) is 5.10 Å². The summed E-state index contributed by atoms with van der Waals surface area (Å²) in [4.78, 5) is 0. The lowest BCUT2D eigenvalue weighted by molar-refractivity contribution is 0.602. The molecule has 86 valence electrons. The highest BCUT2D eigenvalue weighted by Crippen LogP contribution is 2.28. The largest absolute Gasteiger partial charge is 0.274 e. The number of rotatable bonds is 3. The molecule has 0 saturated heterocycles. The van der Waals surface area contributed by atoms with Crippen molar-refractivity contribution >= 4 is 43.1 Å². The second-order valence-corrected chi connectivity index (χ2v) is 6.68. The van der Waals surface area contributed by atoms with Crippen molar-refractivity contribution in [1.29, 1.82) is 0 Å². The monoisotopic (exact) mass is 321 g/mol. The van der Waals surface area contributed by atoms with Crippen LogP contribution in [0.5, 0.6) is 0 Å². The predicted molar refractivity (Wildman–Crippen MR) is 66.0 cm³/mol. The highest BCUT2D eigenvalue weighted by Gasteiger charge is 2.19. The minimum Gasteiger partial charge on any atom is -0.274 e. The van der Waals surface area contributed by atoms with Crippen LogP contribution in [0.1, 0.15) is 0 Å². The van der Waals surface area contributed by atoms with Gasteiger partial charge in [0.15, 0.2) is 10.0 Å². The minimum atomic E-state index is -3.54. The number of thiophene rings is 1. The molecule has 0 bridgehead atoms. The Morgan fingerprint density at radius 2 is 2.25 bits per heavy atom. The van der Waals surface area contributed by atoms with E-state index in [-0.39, 0.29) is 4.21 Å². The summed E-state index contributed by atoms with van der Waals surface area (Å²) in [5.74, 6) is 0.308. The number of nitrogens with one attached hydrogen (secondary N) is 1. The summed E-state index contributed by atoms with van der Waals surface area (Å²) >= 11 is 4.34. The van der Waals surface area contributed by atoms with Crippen molar-refractivity contribution in [3.05, 3.63) is 28.2 Å². The molecule has 0 atom stereocenters. The average molecular weight is 322 g/mol. The second-order valence-electron chi connectivity index (χ2n) is 3.04. The summed E-state index contributed by atoms with van der Waals surface area (Å²) in [5.41, 5.74) is 0. The number of hydrogen-bond acceptors (Lipinski definition) is 4. The average Bonchev–Trinajstić information content (AvgIpc) is 2.74. The van der Waals surface area contributed by atoms with Crippen molar-refractivity contribution in [1.82, 2.24) is 9.78 Å². The summed E-state index contributed by atoms with van der Waals surface area (Å²) in [6, 6.07) is 3.29. The lowest BCUT2D eigenvalue weighted by atomic mass is 10.7. The number of sulfonamides is 1. The third-order valence-corrected chi connectivity index (χ3v) is 5.81. The van der Waals surface area contributed by atoms with Gasteiger partial charge in [0.25, 0.3) is 10.0 Å². The fourth-order valence-corrected chi connectivity index (χ4v) is 4.46. The normalized spacial score (nSPS) is 11.6. The molecule has 5 nitrogen and oxygen atoms in total. The second kappa shape index (κ2) is 4.19. The SMILES string of the molecule is Cn1ccc(NS(=O)(=O)c2sccc2Br)n1. The molecule has 2 heterocycles. The van der Waals surface area contributed by atoms with Gasteiger partial charge < -0.3 is 0 Å². The van der Waals surface area contributed by atoms with Gasteiger partial charge in [-0.25, -0.2) is 8.42 Å². The Hall–Kier alpha value is -0.860. The molecule has 0 unspecified atom stereocenters. The third kappa shape index (κ3) is 2.28. The molecule has 0 fully saturated rings. The Balaban J connectivity index is 2.31. The van der Waals surface area contributed by atoms with Crippen LogP contribution in [0.3, 0.4) is 0 Å². The van der Waals surface area contributed by atoms with E-state index in [1.165, 1.54) is 4.68 Å².